The first-order valence-electron chi connectivity index (χ1n) is 10.6. The first kappa shape index (κ1) is 19.4. The molecule has 2 heteroatoms. The molecular formula is C26H32OSi. The van der Waals surface area contributed by atoms with Gasteiger partial charge in [-0.2, -0.15) is 0 Å². The van der Waals surface area contributed by atoms with E-state index in [1.54, 1.807) is 0 Å². The first-order chi connectivity index (χ1) is 13.3. The van der Waals surface area contributed by atoms with E-state index in [0.29, 0.717) is 0 Å². The molecule has 146 valence electrons. The Balaban J connectivity index is 1.79. The molecule has 1 nitrogen and oxygen atoms in total. The van der Waals surface area contributed by atoms with Gasteiger partial charge in [-0.3, -0.25) is 0 Å². The van der Waals surface area contributed by atoms with Crippen molar-refractivity contribution in [3.8, 4) is 0 Å². The lowest BCUT2D eigenvalue weighted by Gasteiger charge is -2.43. The molecule has 4 rings (SSSR count). The molecule has 0 spiro atoms. The summed E-state index contributed by atoms with van der Waals surface area (Å²) in [5.41, 5.74) is 8.60. The second kappa shape index (κ2) is 7.17. The molecule has 0 N–H and O–H groups in total. The normalized spacial score (nSPS) is 17.0. The molecule has 0 radical (unpaired) electrons. The van der Waals surface area contributed by atoms with Gasteiger partial charge in [0.2, 0.25) is 0 Å². The number of fused-ring (bicyclic) bond motifs is 2. The third-order valence-corrected chi connectivity index (χ3v) is 7.37. The Kier molecular flexibility index (Phi) is 4.97. The second-order valence-corrected chi connectivity index (χ2v) is 13.9. The van der Waals surface area contributed by atoms with Crippen molar-refractivity contribution in [2.24, 2.45) is 5.41 Å². The van der Waals surface area contributed by atoms with Crippen LogP contribution >= 0.6 is 0 Å². The number of hydrogen-bond donors (Lipinski definition) is 0. The van der Waals surface area contributed by atoms with Gasteiger partial charge in [0, 0.05) is 5.41 Å². The third-order valence-electron chi connectivity index (χ3n) is 6.38. The Morgan fingerprint density at radius 1 is 0.857 bits per heavy atom. The minimum Gasteiger partial charge on any atom is -0.414 e. The highest BCUT2D eigenvalue weighted by molar-refractivity contribution is 6.69. The van der Waals surface area contributed by atoms with Gasteiger partial charge < -0.3 is 4.43 Å². The lowest BCUT2D eigenvalue weighted by Crippen LogP contribution is -2.44. The highest BCUT2D eigenvalue weighted by Gasteiger charge is 2.44. The molecule has 0 saturated carbocycles. The minimum absolute atomic E-state index is 0.0763. The first-order valence-corrected chi connectivity index (χ1v) is 14.0. The molecule has 2 aliphatic rings. The van der Waals surface area contributed by atoms with E-state index in [2.05, 4.69) is 94.2 Å². The Labute approximate surface area is 171 Å². The summed E-state index contributed by atoms with van der Waals surface area (Å²) in [6, 6.07) is 17.7. The maximum absolute atomic E-state index is 6.83. The van der Waals surface area contributed by atoms with Crippen LogP contribution in [-0.4, -0.2) is 14.4 Å². The predicted molar refractivity (Wildman–Crippen MR) is 123 cm³/mol. The van der Waals surface area contributed by atoms with Gasteiger partial charge in [-0.25, -0.2) is 0 Å². The maximum Gasteiger partial charge on any atom is 0.184 e. The third kappa shape index (κ3) is 3.44. The lowest BCUT2D eigenvalue weighted by molar-refractivity contribution is 0.0980. The molecule has 0 fully saturated rings. The van der Waals surface area contributed by atoms with E-state index < -0.39 is 8.32 Å². The predicted octanol–water partition coefficient (Wildman–Crippen LogP) is 6.90. The summed E-state index contributed by atoms with van der Waals surface area (Å²) in [5, 5.41) is 0. The Morgan fingerprint density at radius 3 is 1.71 bits per heavy atom. The molecule has 0 aliphatic heterocycles. The molecule has 28 heavy (non-hydrogen) atoms. The average molecular weight is 389 g/mol. The quantitative estimate of drug-likeness (QED) is 0.489. The molecule has 0 amide bonds. The van der Waals surface area contributed by atoms with E-state index in [9.17, 15) is 0 Å². The number of rotatable bonds is 6. The lowest BCUT2D eigenvalue weighted by atomic mass is 9.69. The zero-order valence-electron chi connectivity index (χ0n) is 17.9. The van der Waals surface area contributed by atoms with Crippen LogP contribution in [0, 0.1) is 5.41 Å². The molecule has 0 aromatic heterocycles. The summed E-state index contributed by atoms with van der Waals surface area (Å²) in [5.74, 6) is 0. The summed E-state index contributed by atoms with van der Waals surface area (Å²) >= 11 is 0. The van der Waals surface area contributed by atoms with Crippen LogP contribution in [0.3, 0.4) is 0 Å². The van der Waals surface area contributed by atoms with E-state index in [-0.39, 0.29) is 11.5 Å². The fraction of sp³-hybridized carbons (Fsp3) is 0.385. The second-order valence-electron chi connectivity index (χ2n) is 9.42. The highest BCUT2D eigenvalue weighted by Crippen LogP contribution is 2.50. The van der Waals surface area contributed by atoms with Gasteiger partial charge in [-0.15, -0.1) is 0 Å². The molecular weight excluding hydrogens is 356 g/mol. The van der Waals surface area contributed by atoms with Crippen molar-refractivity contribution in [3.63, 3.8) is 0 Å². The average Bonchev–Trinajstić information content (AvgIpc) is 3.29. The van der Waals surface area contributed by atoms with Crippen molar-refractivity contribution in [2.75, 3.05) is 0 Å². The Hall–Kier alpha value is -1.90. The maximum atomic E-state index is 6.83. The fourth-order valence-corrected chi connectivity index (χ4v) is 6.14. The van der Waals surface area contributed by atoms with Crippen molar-refractivity contribution in [2.45, 2.75) is 58.9 Å². The van der Waals surface area contributed by atoms with E-state index in [1.165, 1.54) is 33.4 Å². The van der Waals surface area contributed by atoms with Gasteiger partial charge >= 0.3 is 0 Å². The number of hydrogen-bond acceptors (Lipinski definition) is 1. The summed E-state index contributed by atoms with van der Waals surface area (Å²) in [4.78, 5) is 0. The van der Waals surface area contributed by atoms with Crippen LogP contribution in [0.5, 0.6) is 0 Å². The molecule has 2 aromatic carbocycles. The van der Waals surface area contributed by atoms with Gasteiger partial charge in [0.25, 0.3) is 0 Å². The van der Waals surface area contributed by atoms with Crippen molar-refractivity contribution < 1.29 is 4.43 Å². The topological polar surface area (TPSA) is 9.23 Å². The SMILES string of the molecule is CCC(O[Si](C)(C)C)C(C)(C1=Cc2ccccc2C1)C1=Cc2ccccc2C1. The summed E-state index contributed by atoms with van der Waals surface area (Å²) in [7, 11) is -1.67. The molecule has 2 aliphatic carbocycles. The molecule has 2 aromatic rings. The smallest absolute Gasteiger partial charge is 0.184 e. The van der Waals surface area contributed by atoms with Crippen LogP contribution in [0.2, 0.25) is 19.6 Å². The molecule has 0 saturated heterocycles. The zero-order valence-corrected chi connectivity index (χ0v) is 18.9. The van der Waals surface area contributed by atoms with E-state index in [0.717, 1.165) is 19.3 Å². The van der Waals surface area contributed by atoms with E-state index >= 15 is 0 Å². The summed E-state index contributed by atoms with van der Waals surface area (Å²) in [6.07, 6.45) is 8.19. The van der Waals surface area contributed by atoms with E-state index in [1.807, 2.05) is 0 Å². The Bertz CT molecular complexity index is 881. The van der Waals surface area contributed by atoms with Gasteiger partial charge in [0.15, 0.2) is 8.32 Å². The van der Waals surface area contributed by atoms with E-state index in [4.69, 9.17) is 4.43 Å². The van der Waals surface area contributed by atoms with Crippen LogP contribution in [-0.2, 0) is 17.3 Å². The van der Waals surface area contributed by atoms with Crippen molar-refractivity contribution >= 4 is 20.5 Å². The molecule has 1 atom stereocenters. The minimum atomic E-state index is -1.67. The zero-order chi connectivity index (χ0) is 19.9. The number of benzene rings is 2. The van der Waals surface area contributed by atoms with Gasteiger partial charge in [0.1, 0.15) is 0 Å². The standard InChI is InChI=1S/C26H32OSi/c1-6-25(27-28(3,4)5)26(2,23-15-19-11-7-8-12-20(19)16-23)24-17-21-13-9-10-14-22(21)18-24/h7-15,17,25H,6,16,18H2,1-5H3. The summed E-state index contributed by atoms with van der Waals surface area (Å²) < 4.78 is 6.83. The van der Waals surface area contributed by atoms with Gasteiger partial charge in [-0.1, -0.05) is 78.8 Å². The highest BCUT2D eigenvalue weighted by atomic mass is 28.4. The van der Waals surface area contributed by atoms with Crippen LogP contribution in [0.15, 0.2) is 59.7 Å². The van der Waals surface area contributed by atoms with Crippen LogP contribution in [0.4, 0.5) is 0 Å². The van der Waals surface area contributed by atoms with Crippen molar-refractivity contribution in [1.82, 2.24) is 0 Å². The van der Waals surface area contributed by atoms with Crippen molar-refractivity contribution in [1.29, 1.82) is 0 Å². The van der Waals surface area contributed by atoms with Crippen LogP contribution in [0.1, 0.15) is 42.5 Å². The molecule has 0 heterocycles. The Morgan fingerprint density at radius 2 is 1.32 bits per heavy atom. The fourth-order valence-electron chi connectivity index (χ4n) is 4.88. The van der Waals surface area contributed by atoms with Crippen LogP contribution in [0.25, 0.3) is 12.2 Å². The van der Waals surface area contributed by atoms with Gasteiger partial charge in [-0.05, 0) is 68.1 Å². The monoisotopic (exact) mass is 388 g/mol. The van der Waals surface area contributed by atoms with Gasteiger partial charge in [0.05, 0.1) is 6.10 Å². The molecule has 0 bridgehead atoms. The largest absolute Gasteiger partial charge is 0.414 e. The molecule has 1 unspecified atom stereocenters. The van der Waals surface area contributed by atoms with Crippen molar-refractivity contribution in [3.05, 3.63) is 81.9 Å². The van der Waals surface area contributed by atoms with Crippen LogP contribution < -0.4 is 0 Å². The summed E-state index contributed by atoms with van der Waals surface area (Å²) in [6.45, 7) is 11.7.